The van der Waals surface area contributed by atoms with Gasteiger partial charge in [0.05, 0.1) is 6.42 Å². The molecule has 0 amide bonds. The van der Waals surface area contributed by atoms with Gasteiger partial charge in [-0.05, 0) is 37.0 Å². The highest BCUT2D eigenvalue weighted by atomic mass is 16.4. The van der Waals surface area contributed by atoms with Crippen molar-refractivity contribution in [2.24, 2.45) is 11.3 Å². The van der Waals surface area contributed by atoms with Gasteiger partial charge in [-0.15, -0.1) is 0 Å². The molecule has 0 heterocycles. The second kappa shape index (κ2) is 8.60. The molecule has 0 atom stereocenters. The van der Waals surface area contributed by atoms with Crippen LogP contribution in [0.3, 0.4) is 0 Å². The van der Waals surface area contributed by atoms with E-state index in [1.54, 1.807) is 0 Å². The number of carboxylic acids is 1. The van der Waals surface area contributed by atoms with Crippen LogP contribution in [0.2, 0.25) is 0 Å². The zero-order valence-corrected chi connectivity index (χ0v) is 12.9. The van der Waals surface area contributed by atoms with Crippen molar-refractivity contribution in [3.63, 3.8) is 0 Å². The first kappa shape index (κ1) is 16.5. The van der Waals surface area contributed by atoms with Crippen molar-refractivity contribution in [3.05, 3.63) is 0 Å². The minimum atomic E-state index is -0.585. The Hall–Kier alpha value is -0.530. The predicted octanol–water partition coefficient (Wildman–Crippen LogP) is 5.41. The highest BCUT2D eigenvalue weighted by Gasteiger charge is 2.39. The Balaban J connectivity index is 2.82. The van der Waals surface area contributed by atoms with E-state index in [-0.39, 0.29) is 5.41 Å². The molecule has 0 aromatic rings. The van der Waals surface area contributed by atoms with Gasteiger partial charge in [0.25, 0.3) is 0 Å². The monoisotopic (exact) mass is 268 g/mol. The van der Waals surface area contributed by atoms with Crippen LogP contribution in [-0.4, -0.2) is 11.1 Å². The largest absolute Gasteiger partial charge is 0.481 e. The number of hydrogen-bond donors (Lipinski definition) is 1. The summed E-state index contributed by atoms with van der Waals surface area (Å²) in [5.41, 5.74) is 0.0955. The average molecular weight is 268 g/mol. The Morgan fingerprint density at radius 3 is 2.00 bits per heavy atom. The third kappa shape index (κ3) is 5.16. The predicted molar refractivity (Wildman–Crippen MR) is 80.3 cm³/mol. The highest BCUT2D eigenvalue weighted by Crippen LogP contribution is 2.48. The third-order valence-electron chi connectivity index (χ3n) is 5.03. The van der Waals surface area contributed by atoms with Crippen LogP contribution in [0.1, 0.15) is 90.9 Å². The van der Waals surface area contributed by atoms with Gasteiger partial charge in [0.15, 0.2) is 0 Å². The molecule has 112 valence electrons. The molecule has 0 aliphatic heterocycles. The van der Waals surface area contributed by atoms with Crippen molar-refractivity contribution in [3.8, 4) is 0 Å². The Kier molecular flexibility index (Phi) is 7.48. The minimum absolute atomic E-state index is 0.0955. The van der Waals surface area contributed by atoms with E-state index in [1.807, 2.05) is 0 Å². The summed E-state index contributed by atoms with van der Waals surface area (Å²) >= 11 is 0. The number of carbonyl (C=O) groups is 1. The lowest BCUT2D eigenvalue weighted by Crippen LogP contribution is -2.35. The van der Waals surface area contributed by atoms with Crippen molar-refractivity contribution < 1.29 is 9.90 Å². The van der Waals surface area contributed by atoms with Gasteiger partial charge in [-0.1, -0.05) is 58.8 Å². The molecule has 1 aliphatic carbocycles. The Bertz CT molecular complexity index is 246. The van der Waals surface area contributed by atoms with E-state index < -0.39 is 5.97 Å². The Morgan fingerprint density at radius 1 is 1.05 bits per heavy atom. The van der Waals surface area contributed by atoms with Crippen LogP contribution >= 0.6 is 0 Å². The van der Waals surface area contributed by atoms with Crippen molar-refractivity contribution in [1.82, 2.24) is 0 Å². The first-order valence-corrected chi connectivity index (χ1v) is 8.36. The van der Waals surface area contributed by atoms with E-state index >= 15 is 0 Å². The molecule has 2 nitrogen and oxygen atoms in total. The summed E-state index contributed by atoms with van der Waals surface area (Å²) in [4.78, 5) is 11.4. The van der Waals surface area contributed by atoms with Crippen molar-refractivity contribution in [2.45, 2.75) is 90.9 Å². The molecule has 0 spiro atoms. The van der Waals surface area contributed by atoms with Gasteiger partial charge in [0, 0.05) is 0 Å². The molecule has 1 fully saturated rings. The summed E-state index contributed by atoms with van der Waals surface area (Å²) in [5, 5.41) is 9.38. The molecule has 1 aliphatic rings. The number of unbranched alkanes of at least 4 members (excludes halogenated alkanes) is 2. The molecule has 0 bridgehead atoms. The fraction of sp³-hybridized carbons (Fsp3) is 0.941. The molecule has 0 aromatic heterocycles. The van der Waals surface area contributed by atoms with Crippen LogP contribution < -0.4 is 0 Å². The fourth-order valence-corrected chi connectivity index (χ4v) is 3.93. The number of hydrogen-bond acceptors (Lipinski definition) is 1. The van der Waals surface area contributed by atoms with E-state index in [2.05, 4.69) is 13.8 Å². The highest BCUT2D eigenvalue weighted by molar-refractivity contribution is 5.67. The zero-order chi connectivity index (χ0) is 14.1. The van der Waals surface area contributed by atoms with Crippen LogP contribution in [0.25, 0.3) is 0 Å². The molecule has 1 rings (SSSR count). The fourth-order valence-electron chi connectivity index (χ4n) is 3.93. The van der Waals surface area contributed by atoms with Crippen LogP contribution in [-0.2, 0) is 4.79 Å². The average Bonchev–Trinajstić information content (AvgIpc) is 2.42. The van der Waals surface area contributed by atoms with Gasteiger partial charge in [0.1, 0.15) is 0 Å². The second-order valence-electron chi connectivity index (χ2n) is 6.47. The normalized spacial score (nSPS) is 17.6. The van der Waals surface area contributed by atoms with Gasteiger partial charge in [-0.3, -0.25) is 4.79 Å². The number of aliphatic carboxylic acids is 1. The zero-order valence-electron chi connectivity index (χ0n) is 12.9. The van der Waals surface area contributed by atoms with Gasteiger partial charge >= 0.3 is 5.97 Å². The SMILES string of the molecule is CCCCC(CCCC)(CC(=O)O)C1CCCCC1. The first-order valence-electron chi connectivity index (χ1n) is 8.36. The van der Waals surface area contributed by atoms with Crippen LogP contribution in [0, 0.1) is 11.3 Å². The van der Waals surface area contributed by atoms with Gasteiger partial charge < -0.3 is 5.11 Å². The van der Waals surface area contributed by atoms with Crippen LogP contribution in [0.5, 0.6) is 0 Å². The van der Waals surface area contributed by atoms with Gasteiger partial charge in [-0.2, -0.15) is 0 Å². The summed E-state index contributed by atoms with van der Waals surface area (Å²) in [6.45, 7) is 4.43. The second-order valence-corrected chi connectivity index (χ2v) is 6.47. The summed E-state index contributed by atoms with van der Waals surface area (Å²) < 4.78 is 0. The van der Waals surface area contributed by atoms with E-state index in [0.29, 0.717) is 12.3 Å². The summed E-state index contributed by atoms with van der Waals surface area (Å²) in [6, 6.07) is 0. The molecule has 19 heavy (non-hydrogen) atoms. The molecule has 0 saturated heterocycles. The van der Waals surface area contributed by atoms with Gasteiger partial charge in [-0.25, -0.2) is 0 Å². The minimum Gasteiger partial charge on any atom is -0.481 e. The Labute approximate surface area is 119 Å². The molecule has 0 aromatic carbocycles. The maximum Gasteiger partial charge on any atom is 0.303 e. The molecule has 2 heteroatoms. The quantitative estimate of drug-likeness (QED) is 0.607. The smallest absolute Gasteiger partial charge is 0.303 e. The number of carboxylic acid groups (broad SMARTS) is 1. The topological polar surface area (TPSA) is 37.3 Å². The van der Waals surface area contributed by atoms with Crippen molar-refractivity contribution in [1.29, 1.82) is 0 Å². The van der Waals surface area contributed by atoms with Crippen LogP contribution in [0.15, 0.2) is 0 Å². The van der Waals surface area contributed by atoms with E-state index in [9.17, 15) is 9.90 Å². The number of rotatable bonds is 9. The lowest BCUT2D eigenvalue weighted by atomic mass is 9.62. The van der Waals surface area contributed by atoms with E-state index in [0.717, 1.165) is 12.8 Å². The summed E-state index contributed by atoms with van der Waals surface area (Å²) in [5.74, 6) is 0.0771. The maximum atomic E-state index is 11.4. The van der Waals surface area contributed by atoms with E-state index in [1.165, 1.54) is 57.8 Å². The Morgan fingerprint density at radius 2 is 1.58 bits per heavy atom. The maximum absolute atomic E-state index is 11.4. The lowest BCUT2D eigenvalue weighted by Gasteiger charge is -2.42. The summed E-state index contributed by atoms with van der Waals surface area (Å²) in [7, 11) is 0. The standard InChI is InChI=1S/C17H32O2/c1-3-5-12-17(13-6-4-2,14-16(18)19)15-10-8-7-9-11-15/h15H,3-14H2,1-2H3,(H,18,19). The van der Waals surface area contributed by atoms with Crippen molar-refractivity contribution in [2.75, 3.05) is 0 Å². The molecule has 0 unspecified atom stereocenters. The van der Waals surface area contributed by atoms with E-state index in [4.69, 9.17) is 0 Å². The molecular weight excluding hydrogens is 236 g/mol. The lowest BCUT2D eigenvalue weighted by molar-refractivity contribution is -0.141. The first-order chi connectivity index (χ1) is 9.14. The molecule has 1 N–H and O–H groups in total. The molecule has 0 radical (unpaired) electrons. The van der Waals surface area contributed by atoms with Crippen molar-refractivity contribution >= 4 is 5.97 Å². The van der Waals surface area contributed by atoms with Crippen LogP contribution in [0.4, 0.5) is 0 Å². The summed E-state index contributed by atoms with van der Waals surface area (Å²) in [6.07, 6.45) is 13.9. The molecule has 1 saturated carbocycles. The third-order valence-corrected chi connectivity index (χ3v) is 5.03. The van der Waals surface area contributed by atoms with Gasteiger partial charge in [0.2, 0.25) is 0 Å². The molecular formula is C17H32O2.